The molecule has 0 radical (unpaired) electrons. The molecule has 1 heterocycles. The molecular formula is C18H26N2O3. The number of aliphatic carboxylic acids is 1. The quantitative estimate of drug-likeness (QED) is 0.810. The summed E-state index contributed by atoms with van der Waals surface area (Å²) in [5.74, 6) is -1.14. The molecule has 23 heavy (non-hydrogen) atoms. The van der Waals surface area contributed by atoms with Crippen LogP contribution in [0, 0.1) is 5.92 Å². The third-order valence-corrected chi connectivity index (χ3v) is 4.34. The highest BCUT2D eigenvalue weighted by Gasteiger charge is 2.26. The molecule has 5 heteroatoms. The van der Waals surface area contributed by atoms with Gasteiger partial charge in [-0.3, -0.25) is 14.5 Å². The first kappa shape index (κ1) is 17.5. The van der Waals surface area contributed by atoms with E-state index in [0.29, 0.717) is 13.0 Å². The van der Waals surface area contributed by atoms with Gasteiger partial charge >= 0.3 is 5.97 Å². The first-order valence-electron chi connectivity index (χ1n) is 8.39. The van der Waals surface area contributed by atoms with Crippen molar-refractivity contribution < 1.29 is 14.7 Å². The molecule has 1 aliphatic rings. The number of likely N-dealkylation sites (tertiary alicyclic amines) is 1. The molecule has 1 saturated heterocycles. The normalized spacial score (nSPS) is 20.0. The highest BCUT2D eigenvalue weighted by molar-refractivity contribution is 5.78. The number of nitrogens with one attached hydrogen (secondary N) is 1. The number of amides is 1. The monoisotopic (exact) mass is 318 g/mol. The van der Waals surface area contributed by atoms with Crippen molar-refractivity contribution in [1.29, 1.82) is 0 Å². The highest BCUT2D eigenvalue weighted by atomic mass is 16.4. The lowest BCUT2D eigenvalue weighted by molar-refractivity contribution is -0.144. The second kappa shape index (κ2) is 8.67. The third kappa shape index (κ3) is 5.36. The summed E-state index contributed by atoms with van der Waals surface area (Å²) in [7, 11) is 0. The second-order valence-electron chi connectivity index (χ2n) is 6.23. The molecule has 0 spiro atoms. The number of nitrogens with zero attached hydrogens (tertiary/aromatic N) is 1. The minimum atomic E-state index is -0.761. The van der Waals surface area contributed by atoms with Gasteiger partial charge in [-0.25, -0.2) is 0 Å². The molecule has 1 aromatic rings. The van der Waals surface area contributed by atoms with Crippen molar-refractivity contribution in [2.45, 2.75) is 38.6 Å². The van der Waals surface area contributed by atoms with E-state index in [9.17, 15) is 9.59 Å². The highest BCUT2D eigenvalue weighted by Crippen LogP contribution is 2.19. The smallest absolute Gasteiger partial charge is 0.307 e. The van der Waals surface area contributed by atoms with Crippen LogP contribution in [-0.4, -0.2) is 41.5 Å². The van der Waals surface area contributed by atoms with E-state index in [-0.39, 0.29) is 24.4 Å². The number of rotatable bonds is 7. The predicted octanol–water partition coefficient (Wildman–Crippen LogP) is 2.44. The van der Waals surface area contributed by atoms with Crippen molar-refractivity contribution in [2.75, 3.05) is 19.6 Å². The Morgan fingerprint density at radius 2 is 2.09 bits per heavy atom. The average molecular weight is 318 g/mol. The van der Waals surface area contributed by atoms with Crippen LogP contribution in [0.3, 0.4) is 0 Å². The van der Waals surface area contributed by atoms with Crippen LogP contribution >= 0.6 is 0 Å². The molecule has 1 amide bonds. The summed E-state index contributed by atoms with van der Waals surface area (Å²) in [5, 5.41) is 12.2. The van der Waals surface area contributed by atoms with Crippen LogP contribution in [-0.2, 0) is 9.59 Å². The van der Waals surface area contributed by atoms with Gasteiger partial charge in [0.15, 0.2) is 0 Å². The predicted molar refractivity (Wildman–Crippen MR) is 89.0 cm³/mol. The zero-order chi connectivity index (χ0) is 16.7. The molecule has 2 atom stereocenters. The molecule has 0 aromatic heterocycles. The Hall–Kier alpha value is -1.88. The number of hydrogen-bond acceptors (Lipinski definition) is 3. The molecular weight excluding hydrogens is 292 g/mol. The Balaban J connectivity index is 1.90. The van der Waals surface area contributed by atoms with Crippen molar-refractivity contribution in [1.82, 2.24) is 10.2 Å². The van der Waals surface area contributed by atoms with E-state index in [1.807, 2.05) is 35.2 Å². The van der Waals surface area contributed by atoms with Gasteiger partial charge in [-0.2, -0.15) is 0 Å². The SMILES string of the molecule is CCCC(NC(=O)CN1CCCC(C(=O)O)C1)c1ccccc1. The Labute approximate surface area is 137 Å². The number of piperidine rings is 1. The minimum absolute atomic E-state index is 0.0220. The van der Waals surface area contributed by atoms with Crippen LogP contribution in [0.5, 0.6) is 0 Å². The van der Waals surface area contributed by atoms with E-state index in [0.717, 1.165) is 31.4 Å². The van der Waals surface area contributed by atoms with Crippen molar-refractivity contribution in [3.05, 3.63) is 35.9 Å². The number of benzene rings is 1. The van der Waals surface area contributed by atoms with Crippen LogP contribution in [0.1, 0.15) is 44.2 Å². The van der Waals surface area contributed by atoms with Crippen molar-refractivity contribution in [3.8, 4) is 0 Å². The van der Waals surface area contributed by atoms with Crippen molar-refractivity contribution in [3.63, 3.8) is 0 Å². The minimum Gasteiger partial charge on any atom is -0.481 e. The van der Waals surface area contributed by atoms with Gasteiger partial charge in [0, 0.05) is 6.54 Å². The lowest BCUT2D eigenvalue weighted by Crippen LogP contribution is -2.44. The summed E-state index contributed by atoms with van der Waals surface area (Å²) < 4.78 is 0. The summed E-state index contributed by atoms with van der Waals surface area (Å²) in [6.45, 7) is 3.63. The topological polar surface area (TPSA) is 69.6 Å². The number of hydrogen-bond donors (Lipinski definition) is 2. The molecule has 0 bridgehead atoms. The van der Waals surface area contributed by atoms with E-state index in [2.05, 4.69) is 12.2 Å². The van der Waals surface area contributed by atoms with Gasteiger partial charge in [0.1, 0.15) is 0 Å². The van der Waals surface area contributed by atoms with Crippen LogP contribution in [0.2, 0.25) is 0 Å². The largest absolute Gasteiger partial charge is 0.481 e. The van der Waals surface area contributed by atoms with Crippen LogP contribution in [0.15, 0.2) is 30.3 Å². The standard InChI is InChI=1S/C18H26N2O3/c1-2-7-16(14-8-4-3-5-9-14)19-17(21)13-20-11-6-10-15(12-20)18(22)23/h3-5,8-9,15-16H,2,6-7,10-13H2,1H3,(H,19,21)(H,22,23). The second-order valence-corrected chi connectivity index (χ2v) is 6.23. The summed E-state index contributed by atoms with van der Waals surface area (Å²) >= 11 is 0. The van der Waals surface area contributed by atoms with E-state index >= 15 is 0 Å². The van der Waals surface area contributed by atoms with Crippen molar-refractivity contribution >= 4 is 11.9 Å². The molecule has 1 fully saturated rings. The Bertz CT molecular complexity index is 518. The van der Waals surface area contributed by atoms with Crippen LogP contribution in [0.25, 0.3) is 0 Å². The van der Waals surface area contributed by atoms with Crippen LogP contribution in [0.4, 0.5) is 0 Å². The van der Waals surface area contributed by atoms with Gasteiger partial charge in [-0.15, -0.1) is 0 Å². The van der Waals surface area contributed by atoms with Gasteiger partial charge in [0.2, 0.25) is 5.91 Å². The maximum absolute atomic E-state index is 12.3. The fourth-order valence-corrected chi connectivity index (χ4v) is 3.14. The molecule has 126 valence electrons. The summed E-state index contributed by atoms with van der Waals surface area (Å²) in [5.41, 5.74) is 1.12. The number of carbonyl (C=O) groups is 2. The summed E-state index contributed by atoms with van der Waals surface area (Å²) in [6, 6.07) is 10.0. The molecule has 2 unspecified atom stereocenters. The summed E-state index contributed by atoms with van der Waals surface area (Å²) in [6.07, 6.45) is 3.43. The lowest BCUT2D eigenvalue weighted by atomic mass is 9.98. The van der Waals surface area contributed by atoms with Gasteiger partial charge in [0.05, 0.1) is 18.5 Å². The fraction of sp³-hybridized carbons (Fsp3) is 0.556. The van der Waals surface area contributed by atoms with Gasteiger partial charge in [0.25, 0.3) is 0 Å². The molecule has 1 aliphatic heterocycles. The van der Waals surface area contributed by atoms with Crippen molar-refractivity contribution in [2.24, 2.45) is 5.92 Å². The molecule has 2 rings (SSSR count). The van der Waals surface area contributed by atoms with E-state index in [4.69, 9.17) is 5.11 Å². The Morgan fingerprint density at radius 1 is 1.35 bits per heavy atom. The van der Waals surface area contributed by atoms with E-state index in [1.54, 1.807) is 0 Å². The molecule has 2 N–H and O–H groups in total. The third-order valence-electron chi connectivity index (χ3n) is 4.34. The van der Waals surface area contributed by atoms with E-state index < -0.39 is 5.97 Å². The summed E-state index contributed by atoms with van der Waals surface area (Å²) in [4.78, 5) is 25.4. The zero-order valence-electron chi connectivity index (χ0n) is 13.7. The maximum Gasteiger partial charge on any atom is 0.307 e. The van der Waals surface area contributed by atoms with Crippen LogP contribution < -0.4 is 5.32 Å². The fourth-order valence-electron chi connectivity index (χ4n) is 3.14. The lowest BCUT2D eigenvalue weighted by Gasteiger charge is -2.30. The van der Waals surface area contributed by atoms with E-state index in [1.165, 1.54) is 0 Å². The zero-order valence-corrected chi connectivity index (χ0v) is 13.7. The van der Waals surface area contributed by atoms with Gasteiger partial charge in [-0.05, 0) is 31.4 Å². The number of carboxylic acids is 1. The van der Waals surface area contributed by atoms with Gasteiger partial charge < -0.3 is 10.4 Å². The first-order chi connectivity index (χ1) is 11.1. The Morgan fingerprint density at radius 3 is 2.74 bits per heavy atom. The molecule has 0 aliphatic carbocycles. The number of carboxylic acid groups (broad SMARTS) is 1. The maximum atomic E-state index is 12.3. The first-order valence-corrected chi connectivity index (χ1v) is 8.39. The van der Waals surface area contributed by atoms with Gasteiger partial charge in [-0.1, -0.05) is 43.7 Å². The average Bonchev–Trinajstić information content (AvgIpc) is 2.55. The Kier molecular flexibility index (Phi) is 6.59. The molecule has 0 saturated carbocycles. The molecule has 1 aromatic carbocycles. The molecule has 5 nitrogen and oxygen atoms in total. The number of carbonyl (C=O) groups excluding carboxylic acids is 1.